The average molecular weight is 207 g/mol. The maximum atomic E-state index is 8.84. The molecule has 0 saturated heterocycles. The number of hydrogen-bond acceptors (Lipinski definition) is 1. The van der Waals surface area contributed by atoms with Gasteiger partial charge in [-0.2, -0.15) is 5.26 Å². The van der Waals surface area contributed by atoms with Crippen LogP contribution in [0.4, 0.5) is 0 Å². The first-order chi connectivity index (χ1) is 7.79. The molecule has 0 aliphatic heterocycles. The van der Waals surface area contributed by atoms with Crippen molar-refractivity contribution in [3.05, 3.63) is 65.3 Å². The van der Waals surface area contributed by atoms with Gasteiger partial charge in [0.05, 0.1) is 6.07 Å². The fourth-order valence-corrected chi connectivity index (χ4v) is 1.73. The van der Waals surface area contributed by atoms with Crippen LogP contribution >= 0.6 is 0 Å². The van der Waals surface area contributed by atoms with Crippen molar-refractivity contribution < 1.29 is 0 Å². The molecule has 0 amide bonds. The van der Waals surface area contributed by atoms with Crippen LogP contribution in [0.2, 0.25) is 0 Å². The first kappa shape index (κ1) is 10.4. The van der Waals surface area contributed by atoms with Gasteiger partial charge in [0.15, 0.2) is 0 Å². The summed E-state index contributed by atoms with van der Waals surface area (Å²) in [6.45, 7) is 2.08. The van der Waals surface area contributed by atoms with E-state index in [1.54, 1.807) is 0 Å². The third-order valence-corrected chi connectivity index (χ3v) is 2.59. The number of nitriles is 1. The average Bonchev–Trinajstić information content (AvgIpc) is 2.54. The summed E-state index contributed by atoms with van der Waals surface area (Å²) in [5.41, 5.74) is 4.42. The lowest BCUT2D eigenvalue weighted by atomic mass is 10.0. The monoisotopic (exact) mass is 207 g/mol. The van der Waals surface area contributed by atoms with Crippen LogP contribution in [-0.2, 0) is 0 Å². The van der Waals surface area contributed by atoms with Crippen molar-refractivity contribution in [2.75, 3.05) is 0 Å². The van der Waals surface area contributed by atoms with Crippen molar-refractivity contribution >= 4 is 5.57 Å². The maximum Gasteiger partial charge on any atom is 0.0950 e. The Kier molecular flexibility index (Phi) is 3.03. The van der Waals surface area contributed by atoms with Gasteiger partial charge in [-0.1, -0.05) is 48.1 Å². The number of hydrogen-bond donors (Lipinski definition) is 0. The molecule has 0 fully saturated rings. The summed E-state index contributed by atoms with van der Waals surface area (Å²) < 4.78 is 0. The molecule has 0 spiro atoms. The molecule has 0 N–H and O–H groups in total. The number of benzene rings is 1. The molecule has 0 heterocycles. The molecule has 1 aliphatic carbocycles. The van der Waals surface area contributed by atoms with Crippen LogP contribution in [0.15, 0.2) is 54.1 Å². The molecule has 1 aliphatic rings. The van der Waals surface area contributed by atoms with Gasteiger partial charge < -0.3 is 0 Å². The summed E-state index contributed by atoms with van der Waals surface area (Å²) in [7, 11) is 0. The van der Waals surface area contributed by atoms with Crippen LogP contribution in [0.3, 0.4) is 0 Å². The SMILES string of the molecule is Cc1cccc(C2=CC=C(C#N)CC=C2)c1. The minimum absolute atomic E-state index is 0.725. The van der Waals surface area contributed by atoms with E-state index in [1.165, 1.54) is 11.1 Å². The van der Waals surface area contributed by atoms with Gasteiger partial charge in [-0.15, -0.1) is 0 Å². The van der Waals surface area contributed by atoms with E-state index in [-0.39, 0.29) is 0 Å². The van der Waals surface area contributed by atoms with Crippen molar-refractivity contribution in [2.24, 2.45) is 0 Å². The number of rotatable bonds is 1. The summed E-state index contributed by atoms with van der Waals surface area (Å²) in [4.78, 5) is 0. The first-order valence-electron chi connectivity index (χ1n) is 5.34. The predicted molar refractivity (Wildman–Crippen MR) is 66.6 cm³/mol. The summed E-state index contributed by atoms with van der Waals surface area (Å²) in [5.74, 6) is 0. The zero-order valence-corrected chi connectivity index (χ0v) is 9.27. The second-order valence-electron chi connectivity index (χ2n) is 3.90. The van der Waals surface area contributed by atoms with Crippen molar-refractivity contribution in [1.82, 2.24) is 0 Å². The Morgan fingerprint density at radius 2 is 2.12 bits per heavy atom. The normalized spacial score (nSPS) is 14.8. The molecule has 78 valence electrons. The molecule has 0 aromatic heterocycles. The van der Waals surface area contributed by atoms with Gasteiger partial charge in [-0.3, -0.25) is 0 Å². The highest BCUT2D eigenvalue weighted by atomic mass is 14.2. The van der Waals surface area contributed by atoms with E-state index < -0.39 is 0 Å². The molecule has 1 heteroatoms. The van der Waals surface area contributed by atoms with Crippen LogP contribution < -0.4 is 0 Å². The fraction of sp³-hybridized carbons (Fsp3) is 0.133. The van der Waals surface area contributed by atoms with Gasteiger partial charge in [0.25, 0.3) is 0 Å². The molecule has 1 aromatic carbocycles. The van der Waals surface area contributed by atoms with Crippen molar-refractivity contribution in [3.63, 3.8) is 0 Å². The quantitative estimate of drug-likeness (QED) is 0.687. The second kappa shape index (κ2) is 4.63. The molecule has 0 radical (unpaired) electrons. The van der Waals surface area contributed by atoms with Crippen LogP contribution in [0.5, 0.6) is 0 Å². The van der Waals surface area contributed by atoms with Crippen LogP contribution in [0.25, 0.3) is 5.57 Å². The van der Waals surface area contributed by atoms with Crippen molar-refractivity contribution in [2.45, 2.75) is 13.3 Å². The zero-order valence-electron chi connectivity index (χ0n) is 9.27. The van der Waals surface area contributed by atoms with E-state index >= 15 is 0 Å². The lowest BCUT2D eigenvalue weighted by molar-refractivity contribution is 1.29. The molecular weight excluding hydrogens is 194 g/mol. The van der Waals surface area contributed by atoms with E-state index in [1.807, 2.05) is 18.2 Å². The Morgan fingerprint density at radius 3 is 2.88 bits per heavy atom. The molecule has 1 aromatic rings. The largest absolute Gasteiger partial charge is 0.193 e. The smallest absolute Gasteiger partial charge is 0.0950 e. The molecule has 0 saturated carbocycles. The summed E-state index contributed by atoms with van der Waals surface area (Å²) >= 11 is 0. The van der Waals surface area contributed by atoms with Crippen molar-refractivity contribution in [1.29, 1.82) is 5.26 Å². The van der Waals surface area contributed by atoms with Gasteiger partial charge in [-0.25, -0.2) is 0 Å². The minimum Gasteiger partial charge on any atom is -0.193 e. The van der Waals surface area contributed by atoms with Crippen LogP contribution in [0, 0.1) is 18.3 Å². The standard InChI is InChI=1S/C15H13N/c1-12-4-2-7-15(10-12)14-6-3-5-13(11-16)8-9-14/h2-4,6-10H,5H2,1H3. The van der Waals surface area contributed by atoms with Crippen LogP contribution in [0.1, 0.15) is 17.5 Å². The minimum atomic E-state index is 0.725. The molecule has 0 atom stereocenters. The van der Waals surface area contributed by atoms with E-state index in [4.69, 9.17) is 5.26 Å². The topological polar surface area (TPSA) is 23.8 Å². The predicted octanol–water partition coefficient (Wildman–Crippen LogP) is 3.79. The first-order valence-corrected chi connectivity index (χ1v) is 5.34. The molecule has 1 nitrogen and oxygen atoms in total. The number of nitrogens with zero attached hydrogens (tertiary/aromatic N) is 1. The Labute approximate surface area is 96.0 Å². The molecule has 0 unspecified atom stereocenters. The van der Waals surface area contributed by atoms with Gasteiger partial charge in [0.1, 0.15) is 0 Å². The van der Waals surface area contributed by atoms with E-state index in [0.29, 0.717) is 0 Å². The van der Waals surface area contributed by atoms with Crippen LogP contribution in [-0.4, -0.2) is 0 Å². The Bertz CT molecular complexity index is 525. The summed E-state index contributed by atoms with van der Waals surface area (Å²) in [6, 6.07) is 10.6. The summed E-state index contributed by atoms with van der Waals surface area (Å²) in [5, 5.41) is 8.84. The van der Waals surface area contributed by atoms with Gasteiger partial charge >= 0.3 is 0 Å². The van der Waals surface area contributed by atoms with E-state index in [9.17, 15) is 0 Å². The maximum absolute atomic E-state index is 8.84. The Morgan fingerprint density at radius 1 is 1.25 bits per heavy atom. The lowest BCUT2D eigenvalue weighted by Crippen LogP contribution is -1.81. The van der Waals surface area contributed by atoms with E-state index in [0.717, 1.165) is 17.6 Å². The van der Waals surface area contributed by atoms with Gasteiger partial charge in [0.2, 0.25) is 0 Å². The highest BCUT2D eigenvalue weighted by Crippen LogP contribution is 2.21. The second-order valence-corrected chi connectivity index (χ2v) is 3.90. The number of aryl methyl sites for hydroxylation is 1. The highest BCUT2D eigenvalue weighted by molar-refractivity contribution is 5.76. The lowest BCUT2D eigenvalue weighted by Gasteiger charge is -2.02. The van der Waals surface area contributed by atoms with Gasteiger partial charge in [0, 0.05) is 12.0 Å². The molecule has 2 rings (SSSR count). The fourth-order valence-electron chi connectivity index (χ4n) is 1.73. The Balaban J connectivity index is 2.39. The summed E-state index contributed by atoms with van der Waals surface area (Å²) in [6.07, 6.45) is 8.75. The molecule has 0 bridgehead atoms. The number of allylic oxidation sites excluding steroid dienone is 6. The molecular formula is C15H13N. The zero-order chi connectivity index (χ0) is 11.4. The van der Waals surface area contributed by atoms with E-state index in [2.05, 4.69) is 43.3 Å². The molecule has 16 heavy (non-hydrogen) atoms. The Hall–Kier alpha value is -2.07. The van der Waals surface area contributed by atoms with Gasteiger partial charge in [-0.05, 0) is 24.1 Å². The third-order valence-electron chi connectivity index (χ3n) is 2.59. The third kappa shape index (κ3) is 2.29. The highest BCUT2D eigenvalue weighted by Gasteiger charge is 2.01. The van der Waals surface area contributed by atoms with Crippen molar-refractivity contribution in [3.8, 4) is 6.07 Å².